The van der Waals surface area contributed by atoms with Crippen LogP contribution in [0.3, 0.4) is 0 Å². The minimum absolute atomic E-state index is 0.0281. The lowest BCUT2D eigenvalue weighted by atomic mass is 9.84. The van der Waals surface area contributed by atoms with E-state index in [1.807, 2.05) is 0 Å². The molecule has 1 atom stereocenters. The fourth-order valence-corrected chi connectivity index (χ4v) is 4.39. The summed E-state index contributed by atoms with van der Waals surface area (Å²) in [5.74, 6) is -0.949. The van der Waals surface area contributed by atoms with Crippen LogP contribution in [0.4, 0.5) is 14.5 Å². The zero-order valence-electron chi connectivity index (χ0n) is 18.5. The maximum atomic E-state index is 13.3. The van der Waals surface area contributed by atoms with Crippen LogP contribution in [0.5, 0.6) is 0 Å². The van der Waals surface area contributed by atoms with E-state index in [-0.39, 0.29) is 29.1 Å². The molecule has 0 saturated heterocycles. The fraction of sp³-hybridized carbons (Fsp3) is 0.440. The van der Waals surface area contributed by atoms with Gasteiger partial charge in [0.25, 0.3) is 0 Å². The van der Waals surface area contributed by atoms with Gasteiger partial charge >= 0.3 is 0 Å². The average molecular weight is 478 g/mol. The highest BCUT2D eigenvalue weighted by Gasteiger charge is 2.26. The third-order valence-corrected chi connectivity index (χ3v) is 6.26. The Morgan fingerprint density at radius 2 is 1.67 bits per heavy atom. The first-order valence-corrected chi connectivity index (χ1v) is 11.8. The molecule has 1 aliphatic carbocycles. The average Bonchev–Trinajstić information content (AvgIpc) is 2.80. The smallest absolute Gasteiger partial charge is 0.242 e. The molecule has 8 heteroatoms. The Morgan fingerprint density at radius 1 is 0.970 bits per heavy atom. The second-order valence-electron chi connectivity index (χ2n) is 8.50. The molecule has 1 aliphatic rings. The van der Waals surface area contributed by atoms with Crippen LogP contribution < -0.4 is 16.0 Å². The maximum Gasteiger partial charge on any atom is 0.242 e. The molecular weight excluding hydrogens is 448 g/mol. The van der Waals surface area contributed by atoms with Gasteiger partial charge in [0, 0.05) is 23.8 Å². The van der Waals surface area contributed by atoms with Gasteiger partial charge in [-0.3, -0.25) is 9.59 Å². The summed E-state index contributed by atoms with van der Waals surface area (Å²) in [5, 5.41) is 9.03. The molecule has 1 unspecified atom stereocenters. The summed E-state index contributed by atoms with van der Waals surface area (Å²) >= 11 is 6.04. The SMILES string of the molecule is O=C(Cc1ccc(F)cc1Cl)NC(CC1CCCCC1)C(=O)NCCNc1ccc(F)cc1. The van der Waals surface area contributed by atoms with Crippen LogP contribution in [-0.4, -0.2) is 30.9 Å². The molecule has 5 nitrogen and oxygen atoms in total. The van der Waals surface area contributed by atoms with Gasteiger partial charge in [-0.1, -0.05) is 49.8 Å². The van der Waals surface area contributed by atoms with Crippen molar-refractivity contribution in [1.82, 2.24) is 10.6 Å². The molecule has 0 radical (unpaired) electrons. The second-order valence-corrected chi connectivity index (χ2v) is 8.90. The summed E-state index contributed by atoms with van der Waals surface area (Å²) in [6.45, 7) is 0.823. The summed E-state index contributed by atoms with van der Waals surface area (Å²) in [5.41, 5.74) is 1.27. The van der Waals surface area contributed by atoms with E-state index >= 15 is 0 Å². The topological polar surface area (TPSA) is 70.2 Å². The van der Waals surface area contributed by atoms with Crippen LogP contribution in [0.25, 0.3) is 0 Å². The minimum atomic E-state index is -0.648. The molecule has 0 spiro atoms. The molecule has 0 bridgehead atoms. The molecule has 3 rings (SSSR count). The number of anilines is 1. The van der Waals surface area contributed by atoms with E-state index in [1.54, 1.807) is 12.1 Å². The lowest BCUT2D eigenvalue weighted by Gasteiger charge is -2.26. The van der Waals surface area contributed by atoms with Gasteiger partial charge in [-0.05, 0) is 54.3 Å². The minimum Gasteiger partial charge on any atom is -0.383 e. The predicted molar refractivity (Wildman–Crippen MR) is 126 cm³/mol. The predicted octanol–water partition coefficient (Wildman–Crippen LogP) is 4.84. The van der Waals surface area contributed by atoms with Gasteiger partial charge in [-0.2, -0.15) is 0 Å². The summed E-state index contributed by atoms with van der Waals surface area (Å²) in [4.78, 5) is 25.6. The van der Waals surface area contributed by atoms with Crippen molar-refractivity contribution in [1.29, 1.82) is 0 Å². The lowest BCUT2D eigenvalue weighted by molar-refractivity contribution is -0.129. The van der Waals surface area contributed by atoms with Crippen LogP contribution in [0.2, 0.25) is 5.02 Å². The Hall–Kier alpha value is -2.67. The monoisotopic (exact) mass is 477 g/mol. The zero-order valence-corrected chi connectivity index (χ0v) is 19.3. The number of rotatable bonds is 10. The Balaban J connectivity index is 1.54. The van der Waals surface area contributed by atoms with E-state index in [4.69, 9.17) is 11.6 Å². The standard InChI is InChI=1S/C25H30ClF2N3O2/c26-22-16-20(28)7-6-18(22)15-24(32)31-23(14-17-4-2-1-3-5-17)25(33)30-13-12-29-21-10-8-19(27)9-11-21/h6-11,16-17,23,29H,1-5,12-15H2,(H,30,33)(H,31,32). The van der Waals surface area contributed by atoms with E-state index in [9.17, 15) is 18.4 Å². The molecule has 3 N–H and O–H groups in total. The number of carbonyl (C=O) groups is 2. The van der Waals surface area contributed by atoms with Gasteiger partial charge in [0.2, 0.25) is 11.8 Å². The number of benzene rings is 2. The van der Waals surface area contributed by atoms with Crippen molar-refractivity contribution >= 4 is 29.1 Å². The number of nitrogens with one attached hydrogen (secondary N) is 3. The van der Waals surface area contributed by atoms with E-state index in [1.165, 1.54) is 36.8 Å². The van der Waals surface area contributed by atoms with Gasteiger partial charge in [-0.15, -0.1) is 0 Å². The van der Waals surface area contributed by atoms with Crippen molar-refractivity contribution in [2.24, 2.45) is 5.92 Å². The molecule has 1 saturated carbocycles. The lowest BCUT2D eigenvalue weighted by Crippen LogP contribution is -2.49. The number of hydrogen-bond acceptors (Lipinski definition) is 3. The highest BCUT2D eigenvalue weighted by atomic mass is 35.5. The molecule has 2 amide bonds. The summed E-state index contributed by atoms with van der Waals surface area (Å²) in [6.07, 6.45) is 6.14. The third-order valence-electron chi connectivity index (χ3n) is 5.91. The summed E-state index contributed by atoms with van der Waals surface area (Å²) in [7, 11) is 0. The molecule has 0 heterocycles. The third kappa shape index (κ3) is 8.31. The van der Waals surface area contributed by atoms with Gasteiger partial charge < -0.3 is 16.0 Å². The first kappa shape index (κ1) is 25.0. The van der Waals surface area contributed by atoms with Gasteiger partial charge in [-0.25, -0.2) is 8.78 Å². The van der Waals surface area contributed by atoms with Gasteiger partial charge in [0.1, 0.15) is 17.7 Å². The maximum absolute atomic E-state index is 13.3. The van der Waals surface area contributed by atoms with Crippen LogP contribution in [0.15, 0.2) is 42.5 Å². The Bertz CT molecular complexity index is 934. The van der Waals surface area contributed by atoms with Crippen molar-refractivity contribution in [3.05, 3.63) is 64.7 Å². The molecule has 1 fully saturated rings. The van der Waals surface area contributed by atoms with Gasteiger partial charge in [0.15, 0.2) is 0 Å². The van der Waals surface area contributed by atoms with E-state index in [0.717, 1.165) is 31.4 Å². The normalized spacial score (nSPS) is 15.0. The van der Waals surface area contributed by atoms with Crippen LogP contribution in [0.1, 0.15) is 44.1 Å². The highest BCUT2D eigenvalue weighted by molar-refractivity contribution is 6.31. The molecular formula is C25H30ClF2N3O2. The quantitative estimate of drug-likeness (QED) is 0.429. The Morgan fingerprint density at radius 3 is 2.36 bits per heavy atom. The molecule has 2 aromatic rings. The number of carbonyl (C=O) groups excluding carboxylic acids is 2. The number of hydrogen-bond donors (Lipinski definition) is 3. The first-order valence-electron chi connectivity index (χ1n) is 11.4. The van der Waals surface area contributed by atoms with Crippen molar-refractivity contribution in [3.8, 4) is 0 Å². The molecule has 33 heavy (non-hydrogen) atoms. The molecule has 0 aromatic heterocycles. The summed E-state index contributed by atoms with van der Waals surface area (Å²) in [6, 6.07) is 9.25. The summed E-state index contributed by atoms with van der Waals surface area (Å²) < 4.78 is 26.3. The molecule has 178 valence electrons. The van der Waals surface area contributed by atoms with E-state index < -0.39 is 11.9 Å². The largest absolute Gasteiger partial charge is 0.383 e. The first-order chi connectivity index (χ1) is 15.9. The van der Waals surface area contributed by atoms with Gasteiger partial charge in [0.05, 0.1) is 6.42 Å². The number of amides is 2. The van der Waals surface area contributed by atoms with Crippen molar-refractivity contribution in [2.75, 3.05) is 18.4 Å². The molecule has 2 aromatic carbocycles. The van der Waals surface area contributed by atoms with E-state index in [2.05, 4.69) is 16.0 Å². The van der Waals surface area contributed by atoms with Crippen LogP contribution in [-0.2, 0) is 16.0 Å². The molecule has 0 aliphatic heterocycles. The van der Waals surface area contributed by atoms with Crippen LogP contribution in [0, 0.1) is 17.6 Å². The van der Waals surface area contributed by atoms with E-state index in [0.29, 0.717) is 31.0 Å². The van der Waals surface area contributed by atoms with Crippen LogP contribution >= 0.6 is 11.6 Å². The number of halogens is 3. The second kappa shape index (κ2) is 12.5. The zero-order chi connectivity index (χ0) is 23.6. The van der Waals surface area contributed by atoms with Crippen molar-refractivity contribution in [2.45, 2.75) is 51.0 Å². The Labute approximate surface area is 198 Å². The Kier molecular flexibility index (Phi) is 9.48. The fourth-order valence-electron chi connectivity index (χ4n) is 4.15. The van der Waals surface area contributed by atoms with Crippen molar-refractivity contribution < 1.29 is 18.4 Å². The highest BCUT2D eigenvalue weighted by Crippen LogP contribution is 2.27. The van der Waals surface area contributed by atoms with Crippen molar-refractivity contribution in [3.63, 3.8) is 0 Å².